The fourth-order valence-corrected chi connectivity index (χ4v) is 1.43. The summed E-state index contributed by atoms with van der Waals surface area (Å²) in [5, 5.41) is 11.6. The predicted molar refractivity (Wildman–Crippen MR) is 63.8 cm³/mol. The molecule has 0 aliphatic heterocycles. The Hall–Kier alpha value is -1.88. The van der Waals surface area contributed by atoms with E-state index >= 15 is 0 Å². The van der Waals surface area contributed by atoms with E-state index in [0.29, 0.717) is 18.5 Å². The summed E-state index contributed by atoms with van der Waals surface area (Å²) in [5.74, 6) is -1.20. The third-order valence-electron chi connectivity index (χ3n) is 2.35. The van der Waals surface area contributed by atoms with E-state index in [4.69, 9.17) is 10.8 Å². The number of carbonyl (C=O) groups is 2. The zero-order valence-corrected chi connectivity index (χ0v) is 9.64. The monoisotopic (exact) mass is 236 g/mol. The first-order chi connectivity index (χ1) is 8.02. The van der Waals surface area contributed by atoms with Crippen molar-refractivity contribution in [2.24, 2.45) is 5.73 Å². The van der Waals surface area contributed by atoms with Gasteiger partial charge in [-0.3, -0.25) is 4.79 Å². The van der Waals surface area contributed by atoms with E-state index in [9.17, 15) is 9.59 Å². The molecule has 0 unspecified atom stereocenters. The molecular formula is C12H16N2O3. The second-order valence-electron chi connectivity index (χ2n) is 3.79. The minimum absolute atomic E-state index is 0.238. The Labute approximate surface area is 99.6 Å². The van der Waals surface area contributed by atoms with Crippen molar-refractivity contribution in [1.82, 2.24) is 5.32 Å². The van der Waals surface area contributed by atoms with Crippen molar-refractivity contribution >= 4 is 11.9 Å². The molecule has 0 saturated carbocycles. The molecular weight excluding hydrogens is 220 g/mol. The highest BCUT2D eigenvalue weighted by Gasteiger charge is 2.10. The van der Waals surface area contributed by atoms with Gasteiger partial charge in [0.25, 0.3) is 0 Å². The number of rotatable bonds is 5. The Morgan fingerprint density at radius 3 is 2.65 bits per heavy atom. The minimum atomic E-state index is -0.959. The first kappa shape index (κ1) is 13.2. The second-order valence-corrected chi connectivity index (χ2v) is 3.79. The molecule has 1 atom stereocenters. The van der Waals surface area contributed by atoms with E-state index in [2.05, 4.69) is 5.32 Å². The number of carboxylic acids is 1. The van der Waals surface area contributed by atoms with Crippen LogP contribution in [0.3, 0.4) is 0 Å². The fraction of sp³-hybridized carbons (Fsp3) is 0.333. The molecule has 0 saturated heterocycles. The highest BCUT2D eigenvalue weighted by molar-refractivity contribution is 5.89. The lowest BCUT2D eigenvalue weighted by Crippen LogP contribution is -2.39. The smallest absolute Gasteiger partial charge is 0.335 e. The van der Waals surface area contributed by atoms with Crippen LogP contribution in [0.1, 0.15) is 22.8 Å². The molecule has 0 spiro atoms. The van der Waals surface area contributed by atoms with Gasteiger partial charge in [0, 0.05) is 6.54 Å². The van der Waals surface area contributed by atoms with Gasteiger partial charge in [-0.1, -0.05) is 18.2 Å². The van der Waals surface area contributed by atoms with Gasteiger partial charge >= 0.3 is 5.97 Å². The van der Waals surface area contributed by atoms with Gasteiger partial charge in [0.2, 0.25) is 5.91 Å². The average molecular weight is 236 g/mol. The lowest BCUT2D eigenvalue weighted by atomic mass is 10.0. The van der Waals surface area contributed by atoms with Crippen molar-refractivity contribution in [3.63, 3.8) is 0 Å². The van der Waals surface area contributed by atoms with E-state index in [-0.39, 0.29) is 11.5 Å². The normalized spacial score (nSPS) is 11.9. The minimum Gasteiger partial charge on any atom is -0.478 e. The second kappa shape index (κ2) is 6.00. The summed E-state index contributed by atoms with van der Waals surface area (Å²) in [7, 11) is 0. The molecule has 1 amide bonds. The zero-order valence-electron chi connectivity index (χ0n) is 9.64. The van der Waals surface area contributed by atoms with Crippen molar-refractivity contribution in [2.45, 2.75) is 19.4 Å². The maximum Gasteiger partial charge on any atom is 0.335 e. The molecule has 0 bridgehead atoms. The maximum atomic E-state index is 11.2. The Kier molecular flexibility index (Phi) is 4.66. The van der Waals surface area contributed by atoms with Gasteiger partial charge in [0.1, 0.15) is 0 Å². The first-order valence-corrected chi connectivity index (χ1v) is 5.37. The molecule has 4 N–H and O–H groups in total. The maximum absolute atomic E-state index is 11.2. The molecule has 0 aliphatic carbocycles. The third-order valence-corrected chi connectivity index (χ3v) is 2.35. The first-order valence-electron chi connectivity index (χ1n) is 5.37. The Morgan fingerprint density at radius 2 is 2.06 bits per heavy atom. The summed E-state index contributed by atoms with van der Waals surface area (Å²) in [5.41, 5.74) is 6.35. The lowest BCUT2D eigenvalue weighted by molar-refractivity contribution is -0.121. The number of carbonyl (C=O) groups excluding carboxylic acids is 1. The number of amides is 1. The van der Waals surface area contributed by atoms with Gasteiger partial charge in [-0.05, 0) is 25.0 Å². The van der Waals surface area contributed by atoms with Gasteiger partial charge in [-0.2, -0.15) is 0 Å². The van der Waals surface area contributed by atoms with Gasteiger partial charge < -0.3 is 16.2 Å². The standard InChI is InChI=1S/C12H16N2O3/c1-8(13)11(15)14-7-6-9-4-2-3-5-10(9)12(16)17/h2-5,8H,6-7,13H2,1H3,(H,14,15)(H,16,17)/t8-/m1/s1. The van der Waals surface area contributed by atoms with Crippen LogP contribution in [0.15, 0.2) is 24.3 Å². The number of nitrogens with one attached hydrogen (secondary N) is 1. The van der Waals surface area contributed by atoms with Crippen molar-refractivity contribution in [2.75, 3.05) is 6.54 Å². The van der Waals surface area contributed by atoms with Crippen LogP contribution in [0.5, 0.6) is 0 Å². The van der Waals surface area contributed by atoms with Gasteiger partial charge in [0.15, 0.2) is 0 Å². The molecule has 1 aromatic rings. The number of carboxylic acid groups (broad SMARTS) is 1. The van der Waals surface area contributed by atoms with Gasteiger partial charge in [0.05, 0.1) is 11.6 Å². The quantitative estimate of drug-likeness (QED) is 0.689. The highest BCUT2D eigenvalue weighted by atomic mass is 16.4. The van der Waals surface area contributed by atoms with Gasteiger partial charge in [-0.25, -0.2) is 4.79 Å². The van der Waals surface area contributed by atoms with Crippen LogP contribution in [0.2, 0.25) is 0 Å². The molecule has 5 heteroatoms. The van der Waals surface area contributed by atoms with Crippen molar-refractivity contribution in [1.29, 1.82) is 0 Å². The van der Waals surface area contributed by atoms with E-state index in [1.807, 2.05) is 0 Å². The largest absolute Gasteiger partial charge is 0.478 e. The van der Waals surface area contributed by atoms with Crippen LogP contribution in [0.4, 0.5) is 0 Å². The number of nitrogens with two attached hydrogens (primary N) is 1. The molecule has 5 nitrogen and oxygen atoms in total. The van der Waals surface area contributed by atoms with Crippen molar-refractivity contribution in [3.8, 4) is 0 Å². The van der Waals surface area contributed by atoms with Crippen LogP contribution in [0.25, 0.3) is 0 Å². The number of benzene rings is 1. The summed E-state index contributed by atoms with van der Waals surface area (Å²) < 4.78 is 0. The van der Waals surface area contributed by atoms with Crippen molar-refractivity contribution in [3.05, 3.63) is 35.4 Å². The number of hydrogen-bond donors (Lipinski definition) is 3. The number of aromatic carboxylic acids is 1. The van der Waals surface area contributed by atoms with E-state index in [1.165, 1.54) is 0 Å². The summed E-state index contributed by atoms with van der Waals surface area (Å²) in [6.07, 6.45) is 0.473. The number of hydrogen-bond acceptors (Lipinski definition) is 3. The molecule has 0 aromatic heterocycles. The summed E-state index contributed by atoms with van der Waals surface area (Å²) in [4.78, 5) is 22.1. The van der Waals surface area contributed by atoms with E-state index in [0.717, 1.165) is 0 Å². The van der Waals surface area contributed by atoms with Gasteiger partial charge in [-0.15, -0.1) is 0 Å². The Morgan fingerprint density at radius 1 is 1.41 bits per heavy atom. The van der Waals surface area contributed by atoms with Crippen LogP contribution < -0.4 is 11.1 Å². The Bertz CT molecular complexity index is 416. The third kappa shape index (κ3) is 3.88. The molecule has 1 rings (SSSR count). The lowest BCUT2D eigenvalue weighted by Gasteiger charge is -2.09. The van der Waals surface area contributed by atoms with E-state index in [1.54, 1.807) is 31.2 Å². The molecule has 17 heavy (non-hydrogen) atoms. The molecule has 1 aromatic carbocycles. The van der Waals surface area contributed by atoms with E-state index < -0.39 is 12.0 Å². The molecule has 0 heterocycles. The molecule has 0 aliphatic rings. The average Bonchev–Trinajstić information content (AvgIpc) is 2.29. The van der Waals surface area contributed by atoms with Crippen LogP contribution in [-0.2, 0) is 11.2 Å². The molecule has 92 valence electrons. The predicted octanol–water partition coefficient (Wildman–Crippen LogP) is 0.391. The van der Waals surface area contributed by atoms with Crippen molar-refractivity contribution < 1.29 is 14.7 Å². The zero-order chi connectivity index (χ0) is 12.8. The summed E-state index contributed by atoms with van der Waals surface area (Å²) in [6, 6.07) is 6.18. The Balaban J connectivity index is 2.58. The van der Waals surface area contributed by atoms with Crippen LogP contribution in [-0.4, -0.2) is 29.6 Å². The molecule has 0 fully saturated rings. The topological polar surface area (TPSA) is 92.4 Å². The summed E-state index contributed by atoms with van der Waals surface area (Å²) in [6.45, 7) is 1.98. The van der Waals surface area contributed by atoms with Crippen LogP contribution >= 0.6 is 0 Å². The van der Waals surface area contributed by atoms with Crippen LogP contribution in [0, 0.1) is 0 Å². The summed E-state index contributed by atoms with van der Waals surface area (Å²) >= 11 is 0. The SMILES string of the molecule is C[C@@H](N)C(=O)NCCc1ccccc1C(=O)O. The highest BCUT2D eigenvalue weighted by Crippen LogP contribution is 2.08. The molecule has 0 radical (unpaired) electrons. The fourth-order valence-electron chi connectivity index (χ4n) is 1.43.